The van der Waals surface area contributed by atoms with Gasteiger partial charge in [-0.2, -0.15) is 0 Å². The van der Waals surface area contributed by atoms with Gasteiger partial charge < -0.3 is 5.32 Å². The average Bonchev–Trinajstić information content (AvgIpc) is 3.00. The number of fused-ring (bicyclic) bond motifs is 1. The molecule has 0 aliphatic carbocycles. The third-order valence-corrected chi connectivity index (χ3v) is 5.83. The lowest BCUT2D eigenvalue weighted by Crippen LogP contribution is -2.37. The predicted octanol–water partition coefficient (Wildman–Crippen LogP) is 4.37. The molecule has 148 valence electrons. The van der Waals surface area contributed by atoms with Crippen LogP contribution in [-0.2, 0) is 11.3 Å². The summed E-state index contributed by atoms with van der Waals surface area (Å²) >= 11 is 1.51. The van der Waals surface area contributed by atoms with E-state index in [9.17, 15) is 9.59 Å². The Balaban J connectivity index is 1.86. The van der Waals surface area contributed by atoms with Crippen LogP contribution < -0.4 is 10.9 Å². The Morgan fingerprint density at radius 3 is 2.57 bits per heavy atom. The molecule has 0 fully saturated rings. The molecule has 0 radical (unpaired) electrons. The van der Waals surface area contributed by atoms with Crippen molar-refractivity contribution in [1.29, 1.82) is 0 Å². The van der Waals surface area contributed by atoms with Gasteiger partial charge in [0.25, 0.3) is 5.56 Å². The highest BCUT2D eigenvalue weighted by Gasteiger charge is 2.18. The first-order chi connectivity index (χ1) is 13.4. The molecular weight excluding hydrogens is 370 g/mol. The van der Waals surface area contributed by atoms with E-state index >= 15 is 0 Å². The molecule has 0 bridgehead atoms. The van der Waals surface area contributed by atoms with Crippen molar-refractivity contribution in [2.45, 2.75) is 53.1 Å². The number of thiophene rings is 1. The minimum atomic E-state index is -0.168. The Bertz CT molecular complexity index is 1020. The number of amides is 1. The van der Waals surface area contributed by atoms with E-state index in [0.29, 0.717) is 16.1 Å². The van der Waals surface area contributed by atoms with Crippen molar-refractivity contribution < 1.29 is 4.79 Å². The van der Waals surface area contributed by atoms with Crippen molar-refractivity contribution in [3.05, 3.63) is 51.9 Å². The molecule has 2 heterocycles. The van der Waals surface area contributed by atoms with Gasteiger partial charge in [0.15, 0.2) is 0 Å². The van der Waals surface area contributed by atoms with Crippen molar-refractivity contribution in [2.24, 2.45) is 5.92 Å². The van der Waals surface area contributed by atoms with E-state index in [2.05, 4.69) is 24.1 Å². The van der Waals surface area contributed by atoms with E-state index in [4.69, 9.17) is 0 Å². The quantitative estimate of drug-likeness (QED) is 0.644. The molecule has 28 heavy (non-hydrogen) atoms. The summed E-state index contributed by atoms with van der Waals surface area (Å²) in [4.78, 5) is 31.7. The van der Waals surface area contributed by atoms with Crippen LogP contribution in [0.1, 0.15) is 38.5 Å². The number of benzene rings is 1. The number of aryl methyl sites for hydroxylation is 1. The Kier molecular flexibility index (Phi) is 6.29. The predicted molar refractivity (Wildman–Crippen MR) is 116 cm³/mol. The van der Waals surface area contributed by atoms with Crippen LogP contribution in [0, 0.1) is 12.8 Å². The van der Waals surface area contributed by atoms with E-state index in [1.165, 1.54) is 22.2 Å². The van der Waals surface area contributed by atoms with Gasteiger partial charge in [-0.15, -0.1) is 11.3 Å². The molecule has 3 rings (SSSR count). The zero-order valence-electron chi connectivity index (χ0n) is 16.9. The lowest BCUT2D eigenvalue weighted by Gasteiger charge is -2.15. The molecule has 1 atom stereocenters. The monoisotopic (exact) mass is 397 g/mol. The first kappa shape index (κ1) is 20.3. The number of aromatic nitrogens is 2. The zero-order valence-corrected chi connectivity index (χ0v) is 17.7. The normalized spacial score (nSPS) is 12.5. The van der Waals surface area contributed by atoms with Gasteiger partial charge in [0.1, 0.15) is 11.4 Å². The fraction of sp³-hybridized carbons (Fsp3) is 0.409. The number of hydrogen-bond acceptors (Lipinski definition) is 4. The molecule has 0 unspecified atom stereocenters. The van der Waals surface area contributed by atoms with E-state index in [0.717, 1.165) is 28.8 Å². The number of nitrogens with one attached hydrogen (secondary N) is 1. The third-order valence-electron chi connectivity index (χ3n) is 4.82. The molecule has 3 aromatic rings. The molecule has 0 saturated heterocycles. The number of carbonyl (C=O) groups excluding carboxylic acids is 1. The van der Waals surface area contributed by atoms with Gasteiger partial charge in [0.05, 0.1) is 11.7 Å². The van der Waals surface area contributed by atoms with Crippen LogP contribution in [0.5, 0.6) is 0 Å². The first-order valence-corrected chi connectivity index (χ1v) is 10.5. The van der Waals surface area contributed by atoms with Crippen LogP contribution in [0.2, 0.25) is 0 Å². The van der Waals surface area contributed by atoms with Crippen LogP contribution >= 0.6 is 11.3 Å². The standard InChI is InChI=1S/C22H27N3O2S/c1-14(2)10-11-15(3)24-18(26)12-25-13-23-21-20(22(25)27)19(16(4)28-21)17-8-6-5-7-9-17/h5-9,13-15H,10-12H2,1-4H3,(H,24,26)/t15-/m1/s1. The minimum absolute atomic E-state index is 0.0169. The van der Waals surface area contributed by atoms with E-state index in [-0.39, 0.29) is 24.1 Å². The number of carbonyl (C=O) groups is 1. The molecule has 2 aromatic heterocycles. The van der Waals surface area contributed by atoms with Crippen LogP contribution in [0.4, 0.5) is 0 Å². The maximum Gasteiger partial charge on any atom is 0.263 e. The van der Waals surface area contributed by atoms with Gasteiger partial charge in [0, 0.05) is 16.5 Å². The summed E-state index contributed by atoms with van der Waals surface area (Å²) in [7, 11) is 0. The van der Waals surface area contributed by atoms with E-state index < -0.39 is 0 Å². The minimum Gasteiger partial charge on any atom is -0.352 e. The molecular formula is C22H27N3O2S. The highest BCUT2D eigenvalue weighted by Crippen LogP contribution is 2.35. The van der Waals surface area contributed by atoms with Crippen molar-refractivity contribution in [1.82, 2.24) is 14.9 Å². The van der Waals surface area contributed by atoms with Gasteiger partial charge in [-0.1, -0.05) is 44.2 Å². The van der Waals surface area contributed by atoms with Crippen molar-refractivity contribution in [3.8, 4) is 11.1 Å². The van der Waals surface area contributed by atoms with Gasteiger partial charge in [-0.3, -0.25) is 14.2 Å². The summed E-state index contributed by atoms with van der Waals surface area (Å²) < 4.78 is 1.41. The van der Waals surface area contributed by atoms with E-state index in [1.54, 1.807) is 0 Å². The van der Waals surface area contributed by atoms with Crippen LogP contribution in [0.3, 0.4) is 0 Å². The summed E-state index contributed by atoms with van der Waals surface area (Å²) in [5.41, 5.74) is 1.74. The summed E-state index contributed by atoms with van der Waals surface area (Å²) in [6.07, 6.45) is 3.47. The second-order valence-electron chi connectivity index (χ2n) is 7.70. The molecule has 0 saturated carbocycles. The lowest BCUT2D eigenvalue weighted by atomic mass is 10.0. The molecule has 5 nitrogen and oxygen atoms in total. The summed E-state index contributed by atoms with van der Waals surface area (Å²) in [6, 6.07) is 9.95. The summed E-state index contributed by atoms with van der Waals surface area (Å²) in [6.45, 7) is 8.32. The highest BCUT2D eigenvalue weighted by atomic mass is 32.1. The molecule has 1 amide bonds. The molecule has 1 aromatic carbocycles. The highest BCUT2D eigenvalue weighted by molar-refractivity contribution is 7.19. The topological polar surface area (TPSA) is 64.0 Å². The molecule has 1 N–H and O–H groups in total. The SMILES string of the molecule is Cc1sc2ncn(CC(=O)N[C@H](C)CCC(C)C)c(=O)c2c1-c1ccccc1. The number of hydrogen-bond donors (Lipinski definition) is 1. The molecule has 6 heteroatoms. The van der Waals surface area contributed by atoms with Crippen LogP contribution in [0.15, 0.2) is 41.5 Å². The third kappa shape index (κ3) is 4.50. The lowest BCUT2D eigenvalue weighted by molar-refractivity contribution is -0.122. The van der Waals surface area contributed by atoms with Crippen LogP contribution in [0.25, 0.3) is 21.3 Å². The van der Waals surface area contributed by atoms with Gasteiger partial charge in [-0.05, 0) is 38.2 Å². The molecule has 0 spiro atoms. The fourth-order valence-corrected chi connectivity index (χ4v) is 4.34. The van der Waals surface area contributed by atoms with Crippen LogP contribution in [-0.4, -0.2) is 21.5 Å². The largest absolute Gasteiger partial charge is 0.352 e. The van der Waals surface area contributed by atoms with Crippen molar-refractivity contribution >= 4 is 27.5 Å². The second kappa shape index (κ2) is 8.69. The van der Waals surface area contributed by atoms with E-state index in [1.807, 2.05) is 44.2 Å². The second-order valence-corrected chi connectivity index (χ2v) is 8.90. The molecule has 0 aliphatic rings. The molecule has 0 aliphatic heterocycles. The smallest absolute Gasteiger partial charge is 0.263 e. The maximum atomic E-state index is 13.1. The maximum absolute atomic E-state index is 13.1. The Hall–Kier alpha value is -2.47. The van der Waals surface area contributed by atoms with Crippen molar-refractivity contribution in [2.75, 3.05) is 0 Å². The van der Waals surface area contributed by atoms with Gasteiger partial charge >= 0.3 is 0 Å². The van der Waals surface area contributed by atoms with Gasteiger partial charge in [0.2, 0.25) is 5.91 Å². The summed E-state index contributed by atoms with van der Waals surface area (Å²) in [5, 5.41) is 3.58. The van der Waals surface area contributed by atoms with Gasteiger partial charge in [-0.25, -0.2) is 4.98 Å². The average molecular weight is 398 g/mol. The fourth-order valence-electron chi connectivity index (χ4n) is 3.33. The Labute approximate surface area is 169 Å². The zero-order chi connectivity index (χ0) is 20.3. The number of rotatable bonds is 7. The van der Waals surface area contributed by atoms with Crippen molar-refractivity contribution in [3.63, 3.8) is 0 Å². The number of nitrogens with zero attached hydrogens (tertiary/aromatic N) is 2. The Morgan fingerprint density at radius 2 is 1.89 bits per heavy atom. The summed E-state index contributed by atoms with van der Waals surface area (Å²) in [5.74, 6) is 0.444. The first-order valence-electron chi connectivity index (χ1n) is 9.70. The Morgan fingerprint density at radius 1 is 1.18 bits per heavy atom.